The zero-order chi connectivity index (χ0) is 12.8. The van der Waals surface area contributed by atoms with E-state index in [1.807, 2.05) is 6.92 Å². The third kappa shape index (κ3) is 3.99. The predicted molar refractivity (Wildman–Crippen MR) is 65.2 cm³/mol. The van der Waals surface area contributed by atoms with Crippen molar-refractivity contribution in [3.8, 4) is 0 Å². The molecule has 0 bridgehead atoms. The molecule has 17 heavy (non-hydrogen) atoms. The van der Waals surface area contributed by atoms with E-state index >= 15 is 0 Å². The van der Waals surface area contributed by atoms with E-state index in [9.17, 15) is 10.1 Å². The molecule has 94 valence electrons. The van der Waals surface area contributed by atoms with Crippen LogP contribution in [0.4, 0.5) is 11.5 Å². The van der Waals surface area contributed by atoms with Gasteiger partial charge in [0.15, 0.2) is 0 Å². The maximum Gasteiger partial charge on any atom is 0.287 e. The summed E-state index contributed by atoms with van der Waals surface area (Å²) < 4.78 is 4.98. The lowest BCUT2D eigenvalue weighted by molar-refractivity contribution is -0.385. The SMILES string of the molecule is COCCC(C)Nc1ncc([N+](=O)[O-])cc1C. The van der Waals surface area contributed by atoms with Crippen LogP contribution in [0.2, 0.25) is 0 Å². The van der Waals surface area contributed by atoms with Gasteiger partial charge in [0.25, 0.3) is 5.69 Å². The van der Waals surface area contributed by atoms with Gasteiger partial charge < -0.3 is 10.1 Å². The molecule has 0 aliphatic rings. The molecule has 6 heteroatoms. The molecule has 1 aromatic heterocycles. The highest BCUT2D eigenvalue weighted by atomic mass is 16.6. The van der Waals surface area contributed by atoms with Gasteiger partial charge >= 0.3 is 0 Å². The molecule has 0 fully saturated rings. The highest BCUT2D eigenvalue weighted by Gasteiger charge is 2.10. The zero-order valence-electron chi connectivity index (χ0n) is 10.3. The highest BCUT2D eigenvalue weighted by molar-refractivity contribution is 5.48. The summed E-state index contributed by atoms with van der Waals surface area (Å²) >= 11 is 0. The second-order valence-electron chi connectivity index (χ2n) is 3.94. The van der Waals surface area contributed by atoms with Crippen molar-refractivity contribution in [1.82, 2.24) is 4.98 Å². The number of rotatable bonds is 6. The molecule has 0 aliphatic carbocycles. The van der Waals surface area contributed by atoms with Crippen molar-refractivity contribution in [1.29, 1.82) is 0 Å². The predicted octanol–water partition coefficient (Wildman–Crippen LogP) is 2.14. The van der Waals surface area contributed by atoms with Crippen LogP contribution in [0.3, 0.4) is 0 Å². The Kier molecular flexibility index (Phi) is 4.84. The van der Waals surface area contributed by atoms with Gasteiger partial charge in [-0.2, -0.15) is 0 Å². The number of methoxy groups -OCH3 is 1. The third-order valence-electron chi connectivity index (χ3n) is 2.41. The molecule has 0 saturated carbocycles. The second kappa shape index (κ2) is 6.15. The fourth-order valence-electron chi connectivity index (χ4n) is 1.41. The summed E-state index contributed by atoms with van der Waals surface area (Å²) in [5, 5.41) is 13.8. The average molecular weight is 239 g/mol. The third-order valence-corrected chi connectivity index (χ3v) is 2.41. The van der Waals surface area contributed by atoms with Gasteiger partial charge in [0, 0.05) is 25.8 Å². The van der Waals surface area contributed by atoms with E-state index in [0.29, 0.717) is 12.4 Å². The summed E-state index contributed by atoms with van der Waals surface area (Å²) in [6.45, 7) is 4.48. The van der Waals surface area contributed by atoms with Crippen LogP contribution in [-0.4, -0.2) is 29.7 Å². The van der Waals surface area contributed by atoms with E-state index in [1.54, 1.807) is 14.0 Å². The van der Waals surface area contributed by atoms with Gasteiger partial charge in [-0.15, -0.1) is 0 Å². The number of nitrogens with one attached hydrogen (secondary N) is 1. The first-order valence-corrected chi connectivity index (χ1v) is 5.41. The minimum absolute atomic E-state index is 0.0117. The molecule has 6 nitrogen and oxygen atoms in total. The Morgan fingerprint density at radius 3 is 2.88 bits per heavy atom. The van der Waals surface area contributed by atoms with Crippen LogP contribution in [0.15, 0.2) is 12.3 Å². The lowest BCUT2D eigenvalue weighted by Gasteiger charge is -2.15. The second-order valence-corrected chi connectivity index (χ2v) is 3.94. The van der Waals surface area contributed by atoms with Gasteiger partial charge in [0.05, 0.1) is 4.92 Å². The zero-order valence-corrected chi connectivity index (χ0v) is 10.3. The van der Waals surface area contributed by atoms with Crippen molar-refractivity contribution in [2.24, 2.45) is 0 Å². The first-order chi connectivity index (χ1) is 8.04. The normalized spacial score (nSPS) is 12.2. The van der Waals surface area contributed by atoms with Crippen LogP contribution in [0.1, 0.15) is 18.9 Å². The van der Waals surface area contributed by atoms with Gasteiger partial charge in [0.2, 0.25) is 0 Å². The number of pyridine rings is 1. The summed E-state index contributed by atoms with van der Waals surface area (Å²) in [7, 11) is 1.65. The molecular formula is C11H17N3O3. The number of hydrogen-bond donors (Lipinski definition) is 1. The molecule has 0 saturated heterocycles. The molecule has 1 aromatic rings. The monoisotopic (exact) mass is 239 g/mol. The molecule has 1 N–H and O–H groups in total. The van der Waals surface area contributed by atoms with Gasteiger partial charge in [-0.05, 0) is 25.8 Å². The first kappa shape index (κ1) is 13.4. The number of nitrogens with zero attached hydrogens (tertiary/aromatic N) is 2. The molecule has 1 rings (SSSR count). The van der Waals surface area contributed by atoms with Crippen LogP contribution in [0.5, 0.6) is 0 Å². The average Bonchev–Trinajstić information content (AvgIpc) is 2.28. The van der Waals surface area contributed by atoms with E-state index in [4.69, 9.17) is 4.74 Å². The molecule has 0 radical (unpaired) electrons. The number of ether oxygens (including phenoxy) is 1. The summed E-state index contributed by atoms with van der Waals surface area (Å²) in [5.41, 5.74) is 0.779. The molecule has 1 atom stereocenters. The quantitative estimate of drug-likeness (QED) is 0.607. The van der Waals surface area contributed by atoms with E-state index in [0.717, 1.165) is 12.0 Å². The van der Waals surface area contributed by atoms with Crippen LogP contribution in [0.25, 0.3) is 0 Å². The van der Waals surface area contributed by atoms with E-state index in [1.165, 1.54) is 12.3 Å². The fourth-order valence-corrected chi connectivity index (χ4v) is 1.41. The molecular weight excluding hydrogens is 222 g/mol. The van der Waals surface area contributed by atoms with Crippen molar-refractivity contribution in [2.75, 3.05) is 19.0 Å². The summed E-state index contributed by atoms with van der Waals surface area (Å²) in [5.74, 6) is 0.680. The number of hydrogen-bond acceptors (Lipinski definition) is 5. The maximum absolute atomic E-state index is 10.6. The number of aryl methyl sites for hydroxylation is 1. The number of anilines is 1. The molecule has 0 aliphatic heterocycles. The van der Waals surface area contributed by atoms with E-state index in [2.05, 4.69) is 10.3 Å². The van der Waals surface area contributed by atoms with Crippen LogP contribution in [0, 0.1) is 17.0 Å². The number of nitro groups is 1. The van der Waals surface area contributed by atoms with Crippen molar-refractivity contribution in [2.45, 2.75) is 26.3 Å². The Hall–Kier alpha value is -1.69. The molecule has 0 aromatic carbocycles. The maximum atomic E-state index is 10.6. The first-order valence-electron chi connectivity index (χ1n) is 5.41. The Balaban J connectivity index is 2.69. The largest absolute Gasteiger partial charge is 0.385 e. The van der Waals surface area contributed by atoms with E-state index in [-0.39, 0.29) is 11.7 Å². The Labute approximate surface area is 100 Å². The smallest absolute Gasteiger partial charge is 0.287 e. The Morgan fingerprint density at radius 2 is 2.35 bits per heavy atom. The minimum atomic E-state index is -0.446. The van der Waals surface area contributed by atoms with Crippen molar-refractivity contribution in [3.63, 3.8) is 0 Å². The molecule has 0 amide bonds. The molecule has 0 spiro atoms. The van der Waals surface area contributed by atoms with Gasteiger partial charge in [0.1, 0.15) is 12.0 Å². The molecule has 1 unspecified atom stereocenters. The van der Waals surface area contributed by atoms with Gasteiger partial charge in [-0.1, -0.05) is 0 Å². The van der Waals surface area contributed by atoms with Gasteiger partial charge in [-0.3, -0.25) is 10.1 Å². The van der Waals surface area contributed by atoms with Gasteiger partial charge in [-0.25, -0.2) is 4.98 Å². The van der Waals surface area contributed by atoms with Crippen molar-refractivity contribution < 1.29 is 9.66 Å². The molecule has 1 heterocycles. The van der Waals surface area contributed by atoms with E-state index < -0.39 is 4.92 Å². The summed E-state index contributed by atoms with van der Waals surface area (Å²) in [6, 6.07) is 1.72. The van der Waals surface area contributed by atoms with Crippen LogP contribution >= 0.6 is 0 Å². The number of aromatic nitrogens is 1. The minimum Gasteiger partial charge on any atom is -0.385 e. The summed E-state index contributed by atoms with van der Waals surface area (Å²) in [4.78, 5) is 14.2. The topological polar surface area (TPSA) is 77.3 Å². The van der Waals surface area contributed by atoms with Crippen molar-refractivity contribution >= 4 is 11.5 Å². The standard InChI is InChI=1S/C11H17N3O3/c1-8-6-10(14(15)16)7-12-11(8)13-9(2)4-5-17-3/h6-7,9H,4-5H2,1-3H3,(H,12,13). The lowest BCUT2D eigenvalue weighted by Crippen LogP contribution is -2.18. The lowest BCUT2D eigenvalue weighted by atomic mass is 10.2. The Bertz CT molecular complexity index is 396. The summed E-state index contributed by atoms with van der Waals surface area (Å²) in [6.07, 6.45) is 2.12. The fraction of sp³-hybridized carbons (Fsp3) is 0.545. The van der Waals surface area contributed by atoms with Crippen molar-refractivity contribution in [3.05, 3.63) is 27.9 Å². The van der Waals surface area contributed by atoms with Crippen LogP contribution in [-0.2, 0) is 4.74 Å². The van der Waals surface area contributed by atoms with Crippen LogP contribution < -0.4 is 5.32 Å². The Morgan fingerprint density at radius 1 is 1.65 bits per heavy atom. The highest BCUT2D eigenvalue weighted by Crippen LogP contribution is 2.18.